The largest absolute Gasteiger partial charge is 0.389 e. The monoisotopic (exact) mass is 169 g/mol. The molecule has 0 heterocycles. The Morgan fingerprint density at radius 2 is 1.92 bits per heavy atom. The van der Waals surface area contributed by atoms with Gasteiger partial charge in [-0.2, -0.15) is 0 Å². The Labute approximate surface area is 77.2 Å². The van der Waals surface area contributed by atoms with Crippen molar-refractivity contribution >= 4 is 0 Å². The van der Waals surface area contributed by atoms with E-state index in [1.54, 1.807) is 0 Å². The van der Waals surface area contributed by atoms with Crippen LogP contribution < -0.4 is 5.32 Å². The summed E-state index contributed by atoms with van der Waals surface area (Å²) in [6.07, 6.45) is 8.74. The summed E-state index contributed by atoms with van der Waals surface area (Å²) in [6.45, 7) is 7.70. The smallest absolute Gasteiger partial charge is 0.0143 e. The van der Waals surface area contributed by atoms with Crippen molar-refractivity contribution in [3.05, 3.63) is 11.8 Å². The van der Waals surface area contributed by atoms with E-state index in [0.717, 1.165) is 13.0 Å². The molecule has 0 aromatic heterocycles. The fourth-order valence-electron chi connectivity index (χ4n) is 1.22. The van der Waals surface area contributed by atoms with Crippen LogP contribution in [0.3, 0.4) is 0 Å². The molecule has 0 atom stereocenters. The van der Waals surface area contributed by atoms with Crippen LogP contribution in [-0.2, 0) is 0 Å². The Morgan fingerprint density at radius 1 is 1.17 bits per heavy atom. The van der Waals surface area contributed by atoms with Crippen LogP contribution in [-0.4, -0.2) is 6.54 Å². The number of nitrogens with one attached hydrogen (secondary N) is 1. The third-order valence-electron chi connectivity index (χ3n) is 1.94. The predicted molar refractivity (Wildman–Crippen MR) is 56.2 cm³/mol. The third-order valence-corrected chi connectivity index (χ3v) is 1.94. The van der Waals surface area contributed by atoms with E-state index in [2.05, 4.69) is 32.2 Å². The fraction of sp³-hybridized carbons (Fsp3) is 0.818. The van der Waals surface area contributed by atoms with Gasteiger partial charge < -0.3 is 5.32 Å². The van der Waals surface area contributed by atoms with E-state index < -0.39 is 0 Å². The summed E-state index contributed by atoms with van der Waals surface area (Å²) in [6, 6.07) is 0. The summed E-state index contributed by atoms with van der Waals surface area (Å²) < 4.78 is 0. The Morgan fingerprint density at radius 3 is 2.50 bits per heavy atom. The average molecular weight is 169 g/mol. The number of unbranched alkanes of at least 4 members (excludes halogenated alkanes) is 3. The van der Waals surface area contributed by atoms with Crippen molar-refractivity contribution in [1.29, 1.82) is 0 Å². The van der Waals surface area contributed by atoms with Crippen LogP contribution in [0.5, 0.6) is 0 Å². The molecule has 1 heteroatoms. The predicted octanol–water partition coefficient (Wildman–Crippen LogP) is 3.47. The second-order valence-corrected chi connectivity index (χ2v) is 3.28. The second-order valence-electron chi connectivity index (χ2n) is 3.28. The third kappa shape index (κ3) is 7.64. The van der Waals surface area contributed by atoms with Gasteiger partial charge >= 0.3 is 0 Å². The molecule has 0 amide bonds. The van der Waals surface area contributed by atoms with Gasteiger partial charge in [-0.3, -0.25) is 0 Å². The molecular weight excluding hydrogens is 146 g/mol. The molecule has 0 aliphatic rings. The van der Waals surface area contributed by atoms with Gasteiger partial charge in [0, 0.05) is 12.2 Å². The molecular formula is C11H23N. The van der Waals surface area contributed by atoms with E-state index >= 15 is 0 Å². The highest BCUT2D eigenvalue weighted by molar-refractivity contribution is 4.93. The van der Waals surface area contributed by atoms with E-state index in [4.69, 9.17) is 0 Å². The quantitative estimate of drug-likeness (QED) is 0.575. The molecule has 72 valence electrons. The van der Waals surface area contributed by atoms with Crippen LogP contribution in [0.2, 0.25) is 0 Å². The normalized spacial score (nSPS) is 11.8. The molecule has 0 radical (unpaired) electrons. The van der Waals surface area contributed by atoms with Crippen molar-refractivity contribution in [2.24, 2.45) is 0 Å². The lowest BCUT2D eigenvalue weighted by Gasteiger charge is -2.05. The first-order chi connectivity index (χ1) is 5.81. The van der Waals surface area contributed by atoms with Crippen LogP contribution in [0.1, 0.15) is 52.9 Å². The van der Waals surface area contributed by atoms with Crippen molar-refractivity contribution < 1.29 is 0 Å². The minimum atomic E-state index is 1.13. The van der Waals surface area contributed by atoms with Gasteiger partial charge in [-0.1, -0.05) is 39.2 Å². The molecule has 1 nitrogen and oxygen atoms in total. The lowest BCUT2D eigenvalue weighted by atomic mass is 10.2. The molecule has 0 fully saturated rings. The maximum absolute atomic E-state index is 3.40. The van der Waals surface area contributed by atoms with E-state index in [9.17, 15) is 0 Å². The highest BCUT2D eigenvalue weighted by Crippen LogP contribution is 1.98. The molecule has 0 rings (SSSR count). The van der Waals surface area contributed by atoms with Crippen molar-refractivity contribution in [2.75, 3.05) is 6.54 Å². The molecule has 0 aromatic carbocycles. The summed E-state index contributed by atoms with van der Waals surface area (Å²) in [5.41, 5.74) is 1.33. The minimum Gasteiger partial charge on any atom is -0.389 e. The van der Waals surface area contributed by atoms with Gasteiger partial charge in [0.1, 0.15) is 0 Å². The van der Waals surface area contributed by atoms with Gasteiger partial charge in [-0.15, -0.1) is 0 Å². The van der Waals surface area contributed by atoms with Crippen molar-refractivity contribution in [1.82, 2.24) is 5.32 Å². The average Bonchev–Trinajstić information content (AvgIpc) is 2.05. The van der Waals surface area contributed by atoms with Crippen LogP contribution >= 0.6 is 0 Å². The first-order valence-corrected chi connectivity index (χ1v) is 5.21. The molecule has 0 saturated carbocycles. The van der Waals surface area contributed by atoms with Gasteiger partial charge in [0.2, 0.25) is 0 Å². The summed E-state index contributed by atoms with van der Waals surface area (Å²) in [5.74, 6) is 0. The Bertz CT molecular complexity index is 116. The molecule has 12 heavy (non-hydrogen) atoms. The highest BCUT2D eigenvalue weighted by Gasteiger charge is 1.88. The van der Waals surface area contributed by atoms with Crippen LogP contribution in [0, 0.1) is 0 Å². The highest BCUT2D eigenvalue weighted by atomic mass is 14.9. The topological polar surface area (TPSA) is 12.0 Å². The van der Waals surface area contributed by atoms with E-state index in [0.29, 0.717) is 0 Å². The summed E-state index contributed by atoms with van der Waals surface area (Å²) in [4.78, 5) is 0. The van der Waals surface area contributed by atoms with Gasteiger partial charge in [0.15, 0.2) is 0 Å². The lowest BCUT2D eigenvalue weighted by Crippen LogP contribution is -2.12. The zero-order chi connectivity index (χ0) is 9.23. The minimum absolute atomic E-state index is 1.13. The van der Waals surface area contributed by atoms with Crippen molar-refractivity contribution in [3.8, 4) is 0 Å². The van der Waals surface area contributed by atoms with Crippen LogP contribution in [0.25, 0.3) is 0 Å². The van der Waals surface area contributed by atoms with Crippen LogP contribution in [0.15, 0.2) is 11.8 Å². The second kappa shape index (κ2) is 8.63. The molecule has 0 unspecified atom stereocenters. The Kier molecular flexibility index (Phi) is 8.30. The maximum atomic E-state index is 3.40. The van der Waals surface area contributed by atoms with Crippen LogP contribution in [0.4, 0.5) is 0 Å². The SMILES string of the molecule is CC/C=C(\C)NCCCCCC. The molecule has 0 aromatic rings. The van der Waals surface area contributed by atoms with Gasteiger partial charge in [-0.05, 0) is 19.8 Å². The number of hydrogen-bond donors (Lipinski definition) is 1. The van der Waals surface area contributed by atoms with Crippen molar-refractivity contribution in [3.63, 3.8) is 0 Å². The van der Waals surface area contributed by atoms with E-state index in [-0.39, 0.29) is 0 Å². The Hall–Kier alpha value is -0.460. The van der Waals surface area contributed by atoms with Crippen molar-refractivity contribution in [2.45, 2.75) is 52.9 Å². The van der Waals surface area contributed by atoms with Gasteiger partial charge in [0.25, 0.3) is 0 Å². The first-order valence-electron chi connectivity index (χ1n) is 5.21. The molecule has 0 spiro atoms. The summed E-state index contributed by atoms with van der Waals surface area (Å²) in [7, 11) is 0. The van der Waals surface area contributed by atoms with Gasteiger partial charge in [-0.25, -0.2) is 0 Å². The lowest BCUT2D eigenvalue weighted by molar-refractivity contribution is 0.634. The molecule has 0 aliphatic carbocycles. The standard InChI is InChI=1S/C11H23N/c1-4-6-7-8-10-12-11(3)9-5-2/h9,12H,4-8,10H2,1-3H3/b11-9+. The molecule has 0 aliphatic heterocycles. The molecule has 0 bridgehead atoms. The zero-order valence-corrected chi connectivity index (χ0v) is 8.82. The molecule has 0 saturated heterocycles. The zero-order valence-electron chi connectivity index (χ0n) is 8.82. The Balaban J connectivity index is 3.14. The summed E-state index contributed by atoms with van der Waals surface area (Å²) >= 11 is 0. The maximum Gasteiger partial charge on any atom is 0.0143 e. The van der Waals surface area contributed by atoms with E-state index in [1.165, 1.54) is 31.4 Å². The number of rotatable bonds is 7. The summed E-state index contributed by atoms with van der Waals surface area (Å²) in [5, 5.41) is 3.40. The van der Waals surface area contributed by atoms with E-state index in [1.807, 2.05) is 0 Å². The number of hydrogen-bond acceptors (Lipinski definition) is 1. The fourth-order valence-corrected chi connectivity index (χ4v) is 1.22. The first kappa shape index (κ1) is 11.5. The molecule has 1 N–H and O–H groups in total. The number of allylic oxidation sites excluding steroid dienone is 2. The van der Waals surface area contributed by atoms with Gasteiger partial charge in [0.05, 0.1) is 0 Å².